The molecule has 2 aromatic rings. The van der Waals surface area contributed by atoms with Gasteiger partial charge in [-0.15, -0.1) is 0 Å². The lowest BCUT2D eigenvalue weighted by atomic mass is 10.1. The van der Waals surface area contributed by atoms with E-state index in [1.165, 1.54) is 19.1 Å². The molecule has 0 aromatic heterocycles. The molecule has 0 atom stereocenters. The van der Waals surface area contributed by atoms with Crippen LogP contribution in [0.3, 0.4) is 0 Å². The molecule has 2 amide bonds. The Balaban J connectivity index is 1.89. The number of nitrogens with one attached hydrogen (secondary N) is 1. The van der Waals surface area contributed by atoms with Crippen molar-refractivity contribution in [1.82, 2.24) is 0 Å². The summed E-state index contributed by atoms with van der Waals surface area (Å²) in [7, 11) is 4.66. The zero-order chi connectivity index (χ0) is 18.0. The Bertz CT molecular complexity index is 812. The topological polar surface area (TPSA) is 77.1 Å². The van der Waals surface area contributed by atoms with Crippen LogP contribution in [-0.4, -0.2) is 39.7 Å². The SMILES string of the molecule is COc1cccc(OC)c1C(=O)Nc1ccc2c(c1)OCC(=O)N2C. The Morgan fingerprint density at radius 2 is 1.84 bits per heavy atom. The molecule has 1 aliphatic heterocycles. The molecule has 0 spiro atoms. The molecule has 0 unspecified atom stereocenters. The van der Waals surface area contributed by atoms with Crippen molar-refractivity contribution >= 4 is 23.2 Å². The van der Waals surface area contributed by atoms with Crippen LogP contribution in [0.2, 0.25) is 0 Å². The van der Waals surface area contributed by atoms with Crippen molar-refractivity contribution in [3.8, 4) is 17.2 Å². The number of fused-ring (bicyclic) bond motifs is 1. The van der Waals surface area contributed by atoms with Gasteiger partial charge in [0.2, 0.25) is 0 Å². The van der Waals surface area contributed by atoms with Gasteiger partial charge in [0.15, 0.2) is 6.61 Å². The Labute approximate surface area is 145 Å². The zero-order valence-corrected chi connectivity index (χ0v) is 14.2. The lowest BCUT2D eigenvalue weighted by Crippen LogP contribution is -2.35. The maximum absolute atomic E-state index is 12.7. The summed E-state index contributed by atoms with van der Waals surface area (Å²) in [6.45, 7) is -0.0266. The Hall–Kier alpha value is -3.22. The van der Waals surface area contributed by atoms with Gasteiger partial charge in [-0.1, -0.05) is 6.07 Å². The summed E-state index contributed by atoms with van der Waals surface area (Å²) in [5.41, 5.74) is 1.50. The van der Waals surface area contributed by atoms with Crippen LogP contribution in [-0.2, 0) is 4.79 Å². The average molecular weight is 342 g/mol. The maximum atomic E-state index is 12.7. The van der Waals surface area contributed by atoms with E-state index in [0.29, 0.717) is 34.2 Å². The number of hydrogen-bond donors (Lipinski definition) is 1. The van der Waals surface area contributed by atoms with Gasteiger partial charge in [0.1, 0.15) is 22.8 Å². The number of likely N-dealkylation sites (N-methyl/N-ethyl adjacent to an activating group) is 1. The van der Waals surface area contributed by atoms with Gasteiger partial charge in [-0.25, -0.2) is 0 Å². The number of methoxy groups -OCH3 is 2. The molecule has 3 rings (SSSR count). The van der Waals surface area contributed by atoms with E-state index >= 15 is 0 Å². The minimum absolute atomic E-state index is 0.0266. The molecule has 0 radical (unpaired) electrons. The lowest BCUT2D eigenvalue weighted by Gasteiger charge is -2.26. The molecule has 1 heterocycles. The molecule has 0 saturated carbocycles. The number of benzene rings is 2. The first-order chi connectivity index (χ1) is 12.0. The van der Waals surface area contributed by atoms with Gasteiger partial charge < -0.3 is 24.4 Å². The molecular weight excluding hydrogens is 324 g/mol. The number of rotatable bonds is 4. The van der Waals surface area contributed by atoms with Crippen molar-refractivity contribution in [1.29, 1.82) is 0 Å². The monoisotopic (exact) mass is 342 g/mol. The summed E-state index contributed by atoms with van der Waals surface area (Å²) in [4.78, 5) is 25.9. The molecular formula is C18H18N2O5. The highest BCUT2D eigenvalue weighted by Gasteiger charge is 2.23. The minimum Gasteiger partial charge on any atom is -0.496 e. The van der Waals surface area contributed by atoms with Gasteiger partial charge in [0, 0.05) is 18.8 Å². The average Bonchev–Trinajstić information content (AvgIpc) is 2.64. The third kappa shape index (κ3) is 3.08. The second-order valence-electron chi connectivity index (χ2n) is 5.42. The van der Waals surface area contributed by atoms with Crippen molar-refractivity contribution in [2.75, 3.05) is 38.1 Å². The first-order valence-electron chi connectivity index (χ1n) is 7.61. The van der Waals surface area contributed by atoms with E-state index in [-0.39, 0.29) is 18.4 Å². The van der Waals surface area contributed by atoms with Gasteiger partial charge in [-0.2, -0.15) is 0 Å². The van der Waals surface area contributed by atoms with Gasteiger partial charge in [0.05, 0.1) is 19.9 Å². The summed E-state index contributed by atoms with van der Waals surface area (Å²) >= 11 is 0. The Morgan fingerprint density at radius 1 is 1.16 bits per heavy atom. The third-order valence-corrected chi connectivity index (χ3v) is 3.96. The zero-order valence-electron chi connectivity index (χ0n) is 14.2. The molecule has 7 nitrogen and oxygen atoms in total. The molecule has 1 N–H and O–H groups in total. The molecule has 25 heavy (non-hydrogen) atoms. The molecule has 130 valence electrons. The summed E-state index contributed by atoms with van der Waals surface area (Å²) < 4.78 is 15.9. The van der Waals surface area contributed by atoms with Crippen LogP contribution in [0.4, 0.5) is 11.4 Å². The predicted molar refractivity (Wildman–Crippen MR) is 92.8 cm³/mol. The van der Waals surface area contributed by atoms with Crippen LogP contribution < -0.4 is 24.4 Å². The largest absolute Gasteiger partial charge is 0.496 e. The predicted octanol–water partition coefficient (Wildman–Crippen LogP) is 2.31. The molecule has 0 aliphatic carbocycles. The number of carbonyl (C=O) groups is 2. The normalized spacial score (nSPS) is 12.9. The first kappa shape index (κ1) is 16.6. The van der Waals surface area contributed by atoms with Crippen molar-refractivity contribution in [2.24, 2.45) is 0 Å². The lowest BCUT2D eigenvalue weighted by molar-refractivity contribution is -0.120. The fraction of sp³-hybridized carbons (Fsp3) is 0.222. The van der Waals surface area contributed by atoms with E-state index < -0.39 is 0 Å². The molecule has 2 aromatic carbocycles. The van der Waals surface area contributed by atoms with Crippen LogP contribution in [0.5, 0.6) is 17.2 Å². The first-order valence-corrected chi connectivity index (χ1v) is 7.61. The van der Waals surface area contributed by atoms with Gasteiger partial charge in [-0.05, 0) is 24.3 Å². The second kappa shape index (κ2) is 6.72. The van der Waals surface area contributed by atoms with Crippen molar-refractivity contribution in [3.63, 3.8) is 0 Å². The number of amides is 2. The molecule has 0 bridgehead atoms. The van der Waals surface area contributed by atoms with E-state index in [9.17, 15) is 9.59 Å². The summed E-state index contributed by atoms with van der Waals surface area (Å²) in [6.07, 6.45) is 0. The highest BCUT2D eigenvalue weighted by atomic mass is 16.5. The number of hydrogen-bond acceptors (Lipinski definition) is 5. The van der Waals surface area contributed by atoms with Crippen molar-refractivity contribution in [2.45, 2.75) is 0 Å². The number of ether oxygens (including phenoxy) is 3. The molecule has 0 saturated heterocycles. The minimum atomic E-state index is -0.366. The smallest absolute Gasteiger partial charge is 0.264 e. The number of anilines is 2. The highest BCUT2D eigenvalue weighted by molar-refractivity contribution is 6.08. The number of nitrogens with zero attached hydrogens (tertiary/aromatic N) is 1. The van der Waals surface area contributed by atoms with Gasteiger partial charge in [0.25, 0.3) is 11.8 Å². The second-order valence-corrected chi connectivity index (χ2v) is 5.42. The molecule has 1 aliphatic rings. The van der Waals surface area contributed by atoms with Crippen LogP contribution in [0, 0.1) is 0 Å². The van der Waals surface area contributed by atoms with Crippen molar-refractivity contribution < 1.29 is 23.8 Å². The quantitative estimate of drug-likeness (QED) is 0.923. The number of carbonyl (C=O) groups excluding carboxylic acids is 2. The van der Waals surface area contributed by atoms with E-state index in [0.717, 1.165) is 0 Å². The molecule has 0 fully saturated rings. The summed E-state index contributed by atoms with van der Waals surface area (Å²) in [5, 5.41) is 2.80. The van der Waals surface area contributed by atoms with Crippen LogP contribution in [0.25, 0.3) is 0 Å². The van der Waals surface area contributed by atoms with Crippen molar-refractivity contribution in [3.05, 3.63) is 42.0 Å². The fourth-order valence-corrected chi connectivity index (χ4v) is 2.62. The highest BCUT2D eigenvalue weighted by Crippen LogP contribution is 2.34. The standard InChI is InChI=1S/C18H18N2O5/c1-20-12-8-7-11(9-15(12)25-10-16(20)21)19-18(22)17-13(23-2)5-4-6-14(17)24-3/h4-9H,10H2,1-3H3,(H,19,22). The third-order valence-electron chi connectivity index (χ3n) is 3.96. The van der Waals surface area contributed by atoms with Gasteiger partial charge in [-0.3, -0.25) is 9.59 Å². The van der Waals surface area contributed by atoms with E-state index in [2.05, 4.69) is 5.32 Å². The Morgan fingerprint density at radius 3 is 2.48 bits per heavy atom. The van der Waals surface area contributed by atoms with Gasteiger partial charge >= 0.3 is 0 Å². The van der Waals surface area contributed by atoms with E-state index in [1.54, 1.807) is 43.4 Å². The summed E-state index contributed by atoms with van der Waals surface area (Å²) in [5.74, 6) is 0.872. The van der Waals surface area contributed by atoms with Crippen LogP contribution >= 0.6 is 0 Å². The maximum Gasteiger partial charge on any atom is 0.264 e. The summed E-state index contributed by atoms with van der Waals surface area (Å²) in [6, 6.07) is 10.2. The molecule has 7 heteroatoms. The van der Waals surface area contributed by atoms with E-state index in [1.807, 2.05) is 0 Å². The Kier molecular flexibility index (Phi) is 4.47. The van der Waals surface area contributed by atoms with Crippen LogP contribution in [0.1, 0.15) is 10.4 Å². The van der Waals surface area contributed by atoms with Crippen LogP contribution in [0.15, 0.2) is 36.4 Å². The fourth-order valence-electron chi connectivity index (χ4n) is 2.62. The van der Waals surface area contributed by atoms with E-state index in [4.69, 9.17) is 14.2 Å².